The van der Waals surface area contributed by atoms with E-state index in [1.807, 2.05) is 14.0 Å². The number of nitrogens with zero attached hydrogens (tertiary/aromatic N) is 4. The summed E-state index contributed by atoms with van der Waals surface area (Å²) in [6.07, 6.45) is 0. The molecule has 2 heterocycles. The van der Waals surface area contributed by atoms with Gasteiger partial charge in [-0.15, -0.1) is 0 Å². The van der Waals surface area contributed by atoms with Gasteiger partial charge in [-0.1, -0.05) is 41.2 Å². The van der Waals surface area contributed by atoms with Gasteiger partial charge in [-0.05, 0) is 33.4 Å². The van der Waals surface area contributed by atoms with E-state index < -0.39 is 0 Å². The molecule has 3 aromatic rings. The van der Waals surface area contributed by atoms with Gasteiger partial charge in [0, 0.05) is 18.7 Å². The zero-order valence-electron chi connectivity index (χ0n) is 13.8. The van der Waals surface area contributed by atoms with Crippen molar-refractivity contribution < 1.29 is 0 Å². The summed E-state index contributed by atoms with van der Waals surface area (Å²) in [4.78, 5) is 19.5. The van der Waals surface area contributed by atoms with E-state index in [2.05, 4.69) is 53.1 Å². The van der Waals surface area contributed by atoms with E-state index >= 15 is 0 Å². The van der Waals surface area contributed by atoms with Crippen LogP contribution in [0, 0.1) is 13.8 Å². The summed E-state index contributed by atoms with van der Waals surface area (Å²) in [5.41, 5.74) is 3.17. The molecule has 0 bridgehead atoms. The van der Waals surface area contributed by atoms with Gasteiger partial charge in [0.25, 0.3) is 5.56 Å². The lowest BCUT2D eigenvalue weighted by Crippen LogP contribution is -2.24. The van der Waals surface area contributed by atoms with Gasteiger partial charge < -0.3 is 0 Å². The van der Waals surface area contributed by atoms with Crippen LogP contribution in [0.25, 0.3) is 4.96 Å². The van der Waals surface area contributed by atoms with E-state index in [-0.39, 0.29) is 11.6 Å². The maximum Gasteiger partial charge on any atom is 0.275 e. The highest BCUT2D eigenvalue weighted by molar-refractivity contribution is 7.16. The minimum atomic E-state index is -0.120. The second-order valence-corrected chi connectivity index (χ2v) is 7.06. The lowest BCUT2D eigenvalue weighted by molar-refractivity contribution is 0.250. The van der Waals surface area contributed by atoms with Crippen molar-refractivity contribution in [3.8, 4) is 0 Å². The van der Waals surface area contributed by atoms with Crippen molar-refractivity contribution in [1.82, 2.24) is 19.5 Å². The lowest BCUT2D eigenvalue weighted by atomic mass is 10.1. The summed E-state index contributed by atoms with van der Waals surface area (Å²) in [6.45, 7) is 6.75. The van der Waals surface area contributed by atoms with Crippen molar-refractivity contribution in [1.29, 1.82) is 0 Å². The van der Waals surface area contributed by atoms with E-state index in [0.717, 1.165) is 10.7 Å². The van der Waals surface area contributed by atoms with Crippen molar-refractivity contribution in [2.24, 2.45) is 0 Å². The minimum absolute atomic E-state index is 0.120. The Morgan fingerprint density at radius 3 is 2.65 bits per heavy atom. The fraction of sp³-hybridized carbons (Fsp3) is 0.353. The summed E-state index contributed by atoms with van der Waals surface area (Å²) >= 11 is 1.44. The molecule has 0 radical (unpaired) electrons. The Kier molecular flexibility index (Phi) is 4.28. The van der Waals surface area contributed by atoms with Crippen LogP contribution in [0.1, 0.15) is 34.8 Å². The van der Waals surface area contributed by atoms with Gasteiger partial charge in [0.15, 0.2) is 0 Å². The molecule has 0 N–H and O–H groups in total. The molecule has 120 valence electrons. The highest BCUT2D eigenvalue weighted by atomic mass is 32.1. The number of aryl methyl sites for hydroxylation is 2. The fourth-order valence-corrected chi connectivity index (χ4v) is 3.29. The maximum atomic E-state index is 12.1. The third-order valence-electron chi connectivity index (χ3n) is 4.03. The zero-order valence-corrected chi connectivity index (χ0v) is 14.6. The molecule has 1 atom stereocenters. The Morgan fingerprint density at radius 1 is 1.26 bits per heavy atom. The third-order valence-corrected chi connectivity index (χ3v) is 4.86. The summed E-state index contributed by atoms with van der Waals surface area (Å²) in [5, 5.41) is 5.01. The number of hydrogen-bond donors (Lipinski definition) is 0. The summed E-state index contributed by atoms with van der Waals surface area (Å²) in [5.74, 6) is 0. The van der Waals surface area contributed by atoms with Gasteiger partial charge in [-0.3, -0.25) is 9.69 Å². The Balaban J connectivity index is 1.83. The first kappa shape index (κ1) is 15.8. The van der Waals surface area contributed by atoms with Crippen molar-refractivity contribution in [3.05, 3.63) is 62.5 Å². The number of rotatable bonds is 4. The minimum Gasteiger partial charge on any atom is -0.294 e. The van der Waals surface area contributed by atoms with Crippen LogP contribution < -0.4 is 5.56 Å². The van der Waals surface area contributed by atoms with Crippen LogP contribution in [0.3, 0.4) is 0 Å². The first-order valence-corrected chi connectivity index (χ1v) is 8.39. The van der Waals surface area contributed by atoms with Crippen LogP contribution >= 0.6 is 11.3 Å². The molecule has 0 saturated heterocycles. The Morgan fingerprint density at radius 2 is 1.96 bits per heavy atom. The van der Waals surface area contributed by atoms with Crippen LogP contribution in [-0.2, 0) is 6.54 Å². The molecular weight excluding hydrogens is 308 g/mol. The molecule has 0 amide bonds. The van der Waals surface area contributed by atoms with Crippen LogP contribution in [0.15, 0.2) is 35.1 Å². The molecule has 0 spiro atoms. The van der Waals surface area contributed by atoms with E-state index in [1.165, 1.54) is 27.0 Å². The monoisotopic (exact) mass is 328 g/mol. The average Bonchev–Trinajstić information content (AvgIpc) is 2.88. The van der Waals surface area contributed by atoms with Gasteiger partial charge in [0.1, 0.15) is 5.01 Å². The predicted molar refractivity (Wildman–Crippen MR) is 92.9 cm³/mol. The normalized spacial score (nSPS) is 12.9. The fourth-order valence-electron chi connectivity index (χ4n) is 2.52. The first-order valence-electron chi connectivity index (χ1n) is 7.57. The Bertz CT molecular complexity index is 882. The highest BCUT2D eigenvalue weighted by Gasteiger charge is 2.14. The summed E-state index contributed by atoms with van der Waals surface area (Å²) in [7, 11) is 2.05. The number of aromatic nitrogens is 3. The predicted octanol–water partition coefficient (Wildman–Crippen LogP) is 2.96. The second-order valence-electron chi connectivity index (χ2n) is 5.90. The van der Waals surface area contributed by atoms with Gasteiger partial charge in [-0.2, -0.15) is 9.61 Å². The van der Waals surface area contributed by atoms with Gasteiger partial charge in [-0.25, -0.2) is 4.98 Å². The molecule has 2 aromatic heterocycles. The molecule has 3 rings (SSSR count). The van der Waals surface area contributed by atoms with Crippen LogP contribution in [0.2, 0.25) is 0 Å². The molecule has 0 aliphatic heterocycles. The lowest BCUT2D eigenvalue weighted by Gasteiger charge is -2.24. The molecular formula is C17H20N4OS. The molecule has 0 aliphatic rings. The number of hydrogen-bond acceptors (Lipinski definition) is 5. The average molecular weight is 328 g/mol. The van der Waals surface area contributed by atoms with E-state index in [4.69, 9.17) is 0 Å². The van der Waals surface area contributed by atoms with Crippen LogP contribution in [0.5, 0.6) is 0 Å². The highest BCUT2D eigenvalue weighted by Crippen LogP contribution is 2.21. The zero-order chi connectivity index (χ0) is 16.6. The standard InChI is InChI=1S/C17H20N4OS/c1-11-5-7-14(8-6-11)12(2)20(4)10-15-9-16(22)21-17(18-15)23-13(3)19-21/h5-9,12H,10H2,1-4H3/t12-/m0/s1. The van der Waals surface area contributed by atoms with Crippen LogP contribution in [-0.4, -0.2) is 26.5 Å². The Labute approximate surface area is 139 Å². The SMILES string of the molecule is Cc1ccc([C@H](C)N(C)Cc2cc(=O)n3nc(C)sc3n2)cc1. The van der Waals surface area contributed by atoms with Crippen molar-refractivity contribution in [2.75, 3.05) is 7.05 Å². The van der Waals surface area contributed by atoms with Crippen molar-refractivity contribution in [3.63, 3.8) is 0 Å². The quantitative estimate of drug-likeness (QED) is 0.739. The maximum absolute atomic E-state index is 12.1. The molecule has 6 heteroatoms. The Hall–Kier alpha value is -2.05. The molecule has 0 aliphatic carbocycles. The van der Waals surface area contributed by atoms with Crippen LogP contribution in [0.4, 0.5) is 0 Å². The van der Waals surface area contributed by atoms with Crippen molar-refractivity contribution in [2.45, 2.75) is 33.4 Å². The van der Waals surface area contributed by atoms with Gasteiger partial charge in [0.05, 0.1) is 5.69 Å². The van der Waals surface area contributed by atoms with Gasteiger partial charge in [0.2, 0.25) is 4.96 Å². The smallest absolute Gasteiger partial charge is 0.275 e. The van der Waals surface area contributed by atoms with Crippen molar-refractivity contribution >= 4 is 16.3 Å². The van der Waals surface area contributed by atoms with E-state index in [9.17, 15) is 4.79 Å². The molecule has 0 fully saturated rings. The van der Waals surface area contributed by atoms with E-state index in [1.54, 1.807) is 6.07 Å². The first-order chi connectivity index (χ1) is 10.9. The molecule has 1 aromatic carbocycles. The van der Waals surface area contributed by atoms with Gasteiger partial charge >= 0.3 is 0 Å². The second kappa shape index (κ2) is 6.22. The summed E-state index contributed by atoms with van der Waals surface area (Å²) < 4.78 is 1.37. The topological polar surface area (TPSA) is 50.5 Å². The largest absolute Gasteiger partial charge is 0.294 e. The number of benzene rings is 1. The number of fused-ring (bicyclic) bond motifs is 1. The molecule has 23 heavy (non-hydrogen) atoms. The molecule has 0 unspecified atom stereocenters. The third kappa shape index (κ3) is 3.33. The molecule has 5 nitrogen and oxygen atoms in total. The molecule has 0 saturated carbocycles. The summed E-state index contributed by atoms with van der Waals surface area (Å²) in [6, 6.07) is 10.4. The van der Waals surface area contributed by atoms with E-state index in [0.29, 0.717) is 11.5 Å².